The van der Waals surface area contributed by atoms with Gasteiger partial charge in [0.1, 0.15) is 28.9 Å². The molecule has 2 aromatic rings. The first kappa shape index (κ1) is 16.0. The van der Waals surface area contributed by atoms with Gasteiger partial charge in [-0.15, -0.1) is 0 Å². The van der Waals surface area contributed by atoms with Gasteiger partial charge in [-0.3, -0.25) is 0 Å². The van der Waals surface area contributed by atoms with Gasteiger partial charge >= 0.3 is 0 Å². The lowest BCUT2D eigenvalue weighted by atomic mass is 10.2. The van der Waals surface area contributed by atoms with Crippen molar-refractivity contribution in [2.75, 3.05) is 0 Å². The summed E-state index contributed by atoms with van der Waals surface area (Å²) in [7, 11) is 1.02. The van der Waals surface area contributed by atoms with Gasteiger partial charge in [-0.2, -0.15) is 0 Å². The molecule has 2 aromatic carbocycles. The summed E-state index contributed by atoms with van der Waals surface area (Å²) in [5.41, 5.74) is 0.168. The standard InChI is InChI=1S/C13H8Cl2F2O3S/c14-9-2-1-8(11(17)5-9)7-20-12-4-3-10(16)6-13(12)21(15,18)19/h1-6H,7H2. The highest BCUT2D eigenvalue weighted by molar-refractivity contribution is 8.13. The molecule has 0 saturated carbocycles. The summed E-state index contributed by atoms with van der Waals surface area (Å²) < 4.78 is 54.6. The van der Waals surface area contributed by atoms with Crippen LogP contribution in [-0.2, 0) is 15.7 Å². The van der Waals surface area contributed by atoms with Gasteiger partial charge in [0.05, 0.1) is 0 Å². The molecule has 0 aliphatic heterocycles. The summed E-state index contributed by atoms with van der Waals surface area (Å²) in [5.74, 6) is -1.54. The Morgan fingerprint density at radius 3 is 2.43 bits per heavy atom. The molecule has 0 amide bonds. The van der Waals surface area contributed by atoms with Crippen molar-refractivity contribution in [1.82, 2.24) is 0 Å². The van der Waals surface area contributed by atoms with E-state index in [2.05, 4.69) is 0 Å². The van der Waals surface area contributed by atoms with Crippen LogP contribution in [0.2, 0.25) is 5.02 Å². The molecule has 2 rings (SSSR count). The first-order valence-corrected chi connectivity index (χ1v) is 8.27. The molecule has 0 bridgehead atoms. The van der Waals surface area contributed by atoms with Crippen molar-refractivity contribution < 1.29 is 21.9 Å². The molecule has 0 aliphatic carbocycles. The van der Waals surface area contributed by atoms with Crippen LogP contribution in [0.3, 0.4) is 0 Å². The van der Waals surface area contributed by atoms with E-state index in [-0.39, 0.29) is 22.9 Å². The first-order valence-electron chi connectivity index (χ1n) is 5.58. The van der Waals surface area contributed by atoms with E-state index in [4.69, 9.17) is 27.0 Å². The number of hydrogen-bond donors (Lipinski definition) is 0. The van der Waals surface area contributed by atoms with Crippen LogP contribution in [-0.4, -0.2) is 8.42 Å². The van der Waals surface area contributed by atoms with Gasteiger partial charge in [0.25, 0.3) is 9.05 Å². The van der Waals surface area contributed by atoms with Gasteiger partial charge in [-0.05, 0) is 30.3 Å². The van der Waals surface area contributed by atoms with E-state index in [1.54, 1.807) is 0 Å². The van der Waals surface area contributed by atoms with E-state index >= 15 is 0 Å². The summed E-state index contributed by atoms with van der Waals surface area (Å²) in [5, 5.41) is 0.224. The predicted octanol–water partition coefficient (Wildman–Crippen LogP) is 4.12. The third-order valence-electron chi connectivity index (χ3n) is 2.57. The summed E-state index contributed by atoms with van der Waals surface area (Å²) >= 11 is 5.62. The van der Waals surface area contributed by atoms with E-state index < -0.39 is 25.6 Å². The Morgan fingerprint density at radius 1 is 1.10 bits per heavy atom. The predicted molar refractivity (Wildman–Crippen MR) is 75.2 cm³/mol. The molecule has 0 aliphatic rings. The average molecular weight is 353 g/mol. The van der Waals surface area contributed by atoms with Crippen molar-refractivity contribution in [2.45, 2.75) is 11.5 Å². The minimum atomic E-state index is -4.18. The van der Waals surface area contributed by atoms with Crippen molar-refractivity contribution in [1.29, 1.82) is 0 Å². The van der Waals surface area contributed by atoms with E-state index in [9.17, 15) is 17.2 Å². The Bertz CT molecular complexity index is 779. The monoisotopic (exact) mass is 352 g/mol. The van der Waals surface area contributed by atoms with Crippen molar-refractivity contribution >= 4 is 31.3 Å². The van der Waals surface area contributed by atoms with Gasteiger partial charge in [-0.25, -0.2) is 17.2 Å². The zero-order chi connectivity index (χ0) is 15.6. The third-order valence-corrected chi connectivity index (χ3v) is 4.14. The fourth-order valence-electron chi connectivity index (χ4n) is 1.59. The highest BCUT2D eigenvalue weighted by Gasteiger charge is 2.18. The van der Waals surface area contributed by atoms with Crippen molar-refractivity contribution in [3.8, 4) is 5.75 Å². The summed E-state index contributed by atoms with van der Waals surface area (Å²) in [6.45, 7) is -0.256. The fraction of sp³-hybridized carbons (Fsp3) is 0.0769. The van der Waals surface area contributed by atoms with Crippen molar-refractivity contribution in [3.05, 3.63) is 58.6 Å². The smallest absolute Gasteiger partial charge is 0.265 e. The number of halogens is 4. The lowest BCUT2D eigenvalue weighted by Gasteiger charge is -2.10. The number of benzene rings is 2. The summed E-state index contributed by atoms with van der Waals surface area (Å²) in [6, 6.07) is 6.82. The highest BCUT2D eigenvalue weighted by atomic mass is 35.7. The molecule has 21 heavy (non-hydrogen) atoms. The van der Waals surface area contributed by atoms with E-state index in [0.29, 0.717) is 0 Å². The molecule has 0 spiro atoms. The van der Waals surface area contributed by atoms with E-state index in [1.165, 1.54) is 12.1 Å². The topological polar surface area (TPSA) is 43.4 Å². The summed E-state index contributed by atoms with van der Waals surface area (Å²) in [6.07, 6.45) is 0. The normalized spacial score (nSPS) is 11.4. The molecule has 0 saturated heterocycles. The third kappa shape index (κ3) is 4.06. The van der Waals surface area contributed by atoms with Gasteiger partial charge in [-0.1, -0.05) is 17.7 Å². The lowest BCUT2D eigenvalue weighted by Crippen LogP contribution is -2.03. The second-order valence-corrected chi connectivity index (χ2v) is 7.02. The molecule has 112 valence electrons. The second-order valence-electron chi connectivity index (χ2n) is 4.05. The maximum absolute atomic E-state index is 13.6. The Morgan fingerprint density at radius 2 is 1.81 bits per heavy atom. The molecule has 0 heterocycles. The SMILES string of the molecule is O=S(=O)(Cl)c1cc(F)ccc1OCc1ccc(Cl)cc1F. The Kier molecular flexibility index (Phi) is 4.70. The van der Waals surface area contributed by atoms with E-state index in [1.807, 2.05) is 0 Å². The average Bonchev–Trinajstić information content (AvgIpc) is 2.38. The van der Waals surface area contributed by atoms with Crippen LogP contribution in [0.1, 0.15) is 5.56 Å². The zero-order valence-corrected chi connectivity index (χ0v) is 12.6. The van der Waals surface area contributed by atoms with Crippen LogP contribution in [0.5, 0.6) is 5.75 Å². The molecule has 0 fully saturated rings. The maximum Gasteiger partial charge on any atom is 0.265 e. The second kappa shape index (κ2) is 6.17. The number of ether oxygens (including phenoxy) is 1. The highest BCUT2D eigenvalue weighted by Crippen LogP contribution is 2.28. The minimum absolute atomic E-state index is 0.166. The minimum Gasteiger partial charge on any atom is -0.487 e. The van der Waals surface area contributed by atoms with Crippen LogP contribution in [0.25, 0.3) is 0 Å². The van der Waals surface area contributed by atoms with Gasteiger partial charge in [0.2, 0.25) is 0 Å². The maximum atomic E-state index is 13.6. The first-order chi connectivity index (χ1) is 9.77. The van der Waals surface area contributed by atoms with Crippen LogP contribution in [0, 0.1) is 11.6 Å². The molecule has 8 heteroatoms. The molecule has 3 nitrogen and oxygen atoms in total. The summed E-state index contributed by atoms with van der Waals surface area (Å²) in [4.78, 5) is -0.515. The number of hydrogen-bond acceptors (Lipinski definition) is 3. The van der Waals surface area contributed by atoms with Gasteiger partial charge in [0.15, 0.2) is 0 Å². The molecular formula is C13H8Cl2F2O3S. The quantitative estimate of drug-likeness (QED) is 0.777. The molecule has 0 aromatic heterocycles. The molecule has 0 radical (unpaired) electrons. The van der Waals surface area contributed by atoms with Crippen LogP contribution < -0.4 is 4.74 Å². The van der Waals surface area contributed by atoms with E-state index in [0.717, 1.165) is 24.3 Å². The van der Waals surface area contributed by atoms with Crippen LogP contribution >= 0.6 is 22.3 Å². The van der Waals surface area contributed by atoms with Crippen molar-refractivity contribution in [2.24, 2.45) is 0 Å². The van der Waals surface area contributed by atoms with Crippen LogP contribution in [0.4, 0.5) is 8.78 Å². The largest absolute Gasteiger partial charge is 0.487 e. The Hall–Kier alpha value is -1.37. The molecular weight excluding hydrogens is 345 g/mol. The zero-order valence-electron chi connectivity index (χ0n) is 10.3. The fourth-order valence-corrected chi connectivity index (χ4v) is 2.73. The Balaban J connectivity index is 2.28. The van der Waals surface area contributed by atoms with Gasteiger partial charge < -0.3 is 4.74 Å². The van der Waals surface area contributed by atoms with Crippen molar-refractivity contribution in [3.63, 3.8) is 0 Å². The molecule has 0 N–H and O–H groups in total. The Labute approximate surface area is 129 Å². The van der Waals surface area contributed by atoms with Gasteiger partial charge in [0, 0.05) is 21.3 Å². The lowest BCUT2D eigenvalue weighted by molar-refractivity contribution is 0.291. The molecule has 0 unspecified atom stereocenters. The number of rotatable bonds is 4. The van der Waals surface area contributed by atoms with Crippen LogP contribution in [0.15, 0.2) is 41.3 Å². The molecule has 0 atom stereocenters.